The molecule has 4 rings (SSSR count). The Bertz CT molecular complexity index is 1260. The van der Waals surface area contributed by atoms with Crippen LogP contribution in [0.25, 0.3) is 16.7 Å². The Kier molecular flexibility index (Phi) is 4.83. The molecule has 0 bridgehead atoms. The second-order valence-corrected chi connectivity index (χ2v) is 7.44. The van der Waals surface area contributed by atoms with Crippen molar-refractivity contribution < 1.29 is 18.7 Å². The fraction of sp³-hybridized carbons (Fsp3) is 0.211. The molecule has 30 heavy (non-hydrogen) atoms. The third-order valence-corrected chi connectivity index (χ3v) is 5.30. The van der Waals surface area contributed by atoms with Gasteiger partial charge in [0, 0.05) is 25.3 Å². The van der Waals surface area contributed by atoms with Crippen molar-refractivity contribution in [3.05, 3.63) is 56.8 Å². The van der Waals surface area contributed by atoms with E-state index in [1.165, 1.54) is 10.6 Å². The lowest BCUT2D eigenvalue weighted by atomic mass is 10.1. The van der Waals surface area contributed by atoms with E-state index < -0.39 is 28.6 Å². The molecule has 1 fully saturated rings. The first-order chi connectivity index (χ1) is 14.2. The first-order valence-electron chi connectivity index (χ1n) is 8.92. The monoisotopic (exact) mass is 435 g/mol. The molecule has 0 radical (unpaired) electrons. The molecular formula is C19H16ClF2N5O3. The summed E-state index contributed by atoms with van der Waals surface area (Å²) in [6.07, 6.45) is 1.65. The Morgan fingerprint density at radius 2 is 2.00 bits per heavy atom. The summed E-state index contributed by atoms with van der Waals surface area (Å²) in [5.74, 6) is -3.10. The highest BCUT2D eigenvalue weighted by molar-refractivity contribution is 6.32. The van der Waals surface area contributed by atoms with Gasteiger partial charge in [-0.2, -0.15) is 0 Å². The lowest BCUT2D eigenvalue weighted by Gasteiger charge is -2.20. The summed E-state index contributed by atoms with van der Waals surface area (Å²) in [4.78, 5) is 30.2. The summed E-state index contributed by atoms with van der Waals surface area (Å²) in [7, 11) is 0. The number of anilines is 2. The van der Waals surface area contributed by atoms with Gasteiger partial charge in [0.1, 0.15) is 11.4 Å². The highest BCUT2D eigenvalue weighted by Gasteiger charge is 2.26. The number of carboxylic acids is 1. The molecule has 156 valence electrons. The Morgan fingerprint density at radius 1 is 1.27 bits per heavy atom. The lowest BCUT2D eigenvalue weighted by Crippen LogP contribution is -2.28. The van der Waals surface area contributed by atoms with Crippen molar-refractivity contribution in [1.82, 2.24) is 9.55 Å². The van der Waals surface area contributed by atoms with Gasteiger partial charge >= 0.3 is 5.97 Å². The summed E-state index contributed by atoms with van der Waals surface area (Å²) in [6.45, 7) is 0.843. The van der Waals surface area contributed by atoms with Crippen LogP contribution in [0.5, 0.6) is 0 Å². The maximum atomic E-state index is 14.8. The van der Waals surface area contributed by atoms with Gasteiger partial charge in [-0.05, 0) is 24.6 Å². The SMILES string of the molecule is Nc1cc(-n2cc(C(=O)O)c(=O)c3cc(F)c(N4CC[C@H](N)C4)nc32)c(Cl)cc1F. The Hall–Kier alpha value is -3.24. The minimum atomic E-state index is -1.52. The van der Waals surface area contributed by atoms with Crippen molar-refractivity contribution in [2.75, 3.05) is 23.7 Å². The van der Waals surface area contributed by atoms with E-state index in [4.69, 9.17) is 23.1 Å². The van der Waals surface area contributed by atoms with Gasteiger partial charge in [0.25, 0.3) is 0 Å². The number of halogens is 3. The fourth-order valence-corrected chi connectivity index (χ4v) is 3.73. The molecule has 11 heteroatoms. The van der Waals surface area contributed by atoms with Crippen molar-refractivity contribution in [1.29, 1.82) is 0 Å². The van der Waals surface area contributed by atoms with Crippen LogP contribution >= 0.6 is 11.6 Å². The number of aromatic nitrogens is 2. The number of carbonyl (C=O) groups is 1. The molecule has 0 amide bonds. The second-order valence-electron chi connectivity index (χ2n) is 7.03. The Morgan fingerprint density at radius 3 is 2.63 bits per heavy atom. The number of nitrogen functional groups attached to an aromatic ring is 1. The summed E-state index contributed by atoms with van der Waals surface area (Å²) < 4.78 is 29.8. The van der Waals surface area contributed by atoms with Gasteiger partial charge in [0.15, 0.2) is 17.3 Å². The molecule has 2 aromatic heterocycles. The van der Waals surface area contributed by atoms with Gasteiger partial charge in [0.2, 0.25) is 5.43 Å². The third kappa shape index (κ3) is 3.23. The number of nitrogens with two attached hydrogens (primary N) is 2. The van der Waals surface area contributed by atoms with Gasteiger partial charge in [-0.3, -0.25) is 9.36 Å². The van der Waals surface area contributed by atoms with Crippen LogP contribution in [0, 0.1) is 11.6 Å². The summed E-state index contributed by atoms with van der Waals surface area (Å²) in [5, 5.41) is 9.06. The molecule has 0 aliphatic carbocycles. The minimum Gasteiger partial charge on any atom is -0.477 e. The van der Waals surface area contributed by atoms with Crippen molar-refractivity contribution >= 4 is 40.1 Å². The molecule has 3 aromatic rings. The van der Waals surface area contributed by atoms with Crippen molar-refractivity contribution in [3.63, 3.8) is 0 Å². The van der Waals surface area contributed by atoms with E-state index in [0.29, 0.717) is 19.5 Å². The number of hydrogen-bond donors (Lipinski definition) is 3. The summed E-state index contributed by atoms with van der Waals surface area (Å²) in [6, 6.07) is 2.93. The Balaban J connectivity index is 2.07. The number of carboxylic acid groups (broad SMARTS) is 1. The molecule has 8 nitrogen and oxygen atoms in total. The quantitative estimate of drug-likeness (QED) is 0.538. The van der Waals surface area contributed by atoms with Gasteiger partial charge in [-0.1, -0.05) is 11.6 Å². The van der Waals surface area contributed by atoms with E-state index in [-0.39, 0.29) is 39.3 Å². The maximum absolute atomic E-state index is 14.8. The second kappa shape index (κ2) is 7.22. The van der Waals surface area contributed by atoms with E-state index in [2.05, 4.69) is 4.98 Å². The first kappa shape index (κ1) is 20.0. The predicted molar refractivity (Wildman–Crippen MR) is 108 cm³/mol. The fourth-order valence-electron chi connectivity index (χ4n) is 3.49. The number of hydrogen-bond acceptors (Lipinski definition) is 6. The molecule has 0 unspecified atom stereocenters. The summed E-state index contributed by atoms with van der Waals surface area (Å²) in [5.41, 5.74) is 9.80. The molecule has 0 spiro atoms. The van der Waals surface area contributed by atoms with Crippen LogP contribution in [0.4, 0.5) is 20.3 Å². The van der Waals surface area contributed by atoms with E-state index in [1.54, 1.807) is 4.90 Å². The van der Waals surface area contributed by atoms with Crippen LogP contribution in [-0.2, 0) is 0 Å². The average molecular weight is 436 g/mol. The van der Waals surface area contributed by atoms with E-state index in [0.717, 1.165) is 18.3 Å². The van der Waals surface area contributed by atoms with Crippen LogP contribution in [0.15, 0.2) is 29.2 Å². The zero-order chi connectivity index (χ0) is 21.7. The highest BCUT2D eigenvalue weighted by atomic mass is 35.5. The van der Waals surface area contributed by atoms with Gasteiger partial charge in [0.05, 0.1) is 21.8 Å². The van der Waals surface area contributed by atoms with Gasteiger partial charge < -0.3 is 21.5 Å². The summed E-state index contributed by atoms with van der Waals surface area (Å²) >= 11 is 6.15. The van der Waals surface area contributed by atoms with Crippen molar-refractivity contribution in [2.24, 2.45) is 5.73 Å². The molecule has 1 aliphatic heterocycles. The average Bonchev–Trinajstić information content (AvgIpc) is 3.11. The molecular weight excluding hydrogens is 420 g/mol. The van der Waals surface area contributed by atoms with Crippen LogP contribution in [0.3, 0.4) is 0 Å². The molecule has 3 heterocycles. The number of fused-ring (bicyclic) bond motifs is 1. The molecule has 1 saturated heterocycles. The molecule has 1 atom stereocenters. The smallest absolute Gasteiger partial charge is 0.341 e. The van der Waals surface area contributed by atoms with Crippen molar-refractivity contribution in [2.45, 2.75) is 12.5 Å². The zero-order valence-corrected chi connectivity index (χ0v) is 16.2. The van der Waals surface area contributed by atoms with E-state index in [1.807, 2.05) is 0 Å². The predicted octanol–water partition coefficient (Wildman–Crippen LogP) is 2.14. The van der Waals surface area contributed by atoms with Crippen LogP contribution in [0.1, 0.15) is 16.8 Å². The van der Waals surface area contributed by atoms with Crippen LogP contribution in [0.2, 0.25) is 5.02 Å². The topological polar surface area (TPSA) is 127 Å². The van der Waals surface area contributed by atoms with Crippen molar-refractivity contribution in [3.8, 4) is 5.69 Å². The minimum absolute atomic E-state index is 0.0297. The van der Waals surface area contributed by atoms with Gasteiger partial charge in [-0.15, -0.1) is 0 Å². The number of aromatic carboxylic acids is 1. The van der Waals surface area contributed by atoms with E-state index in [9.17, 15) is 23.5 Å². The number of benzene rings is 1. The van der Waals surface area contributed by atoms with Gasteiger partial charge in [-0.25, -0.2) is 18.6 Å². The maximum Gasteiger partial charge on any atom is 0.341 e. The molecule has 1 aromatic carbocycles. The van der Waals surface area contributed by atoms with Crippen LogP contribution in [-0.4, -0.2) is 39.8 Å². The normalized spacial score (nSPS) is 16.4. The van der Waals surface area contributed by atoms with Crippen LogP contribution < -0.4 is 21.8 Å². The largest absolute Gasteiger partial charge is 0.477 e. The standard InChI is InChI=1S/C19H16ClF2N5O3/c20-11-4-12(21)14(24)5-15(11)27-7-10(19(29)30)16(28)9-3-13(22)18(25-17(9)27)26-2-1-8(23)6-26/h3-5,7-8H,1-2,6,23-24H2,(H,29,30)/t8-/m0/s1. The van der Waals surface area contributed by atoms with E-state index >= 15 is 0 Å². The number of rotatable bonds is 3. The number of nitrogens with zero attached hydrogens (tertiary/aromatic N) is 3. The molecule has 5 N–H and O–H groups in total. The molecule has 0 saturated carbocycles. The lowest BCUT2D eigenvalue weighted by molar-refractivity contribution is 0.0695. The molecule has 1 aliphatic rings. The zero-order valence-electron chi connectivity index (χ0n) is 15.4. The Labute approximate surface area is 173 Å². The highest BCUT2D eigenvalue weighted by Crippen LogP contribution is 2.30. The third-order valence-electron chi connectivity index (χ3n) is 4.99. The first-order valence-corrected chi connectivity index (χ1v) is 9.29. The number of pyridine rings is 2.